The second kappa shape index (κ2) is 3.55. The van der Waals surface area contributed by atoms with Gasteiger partial charge in [-0.1, -0.05) is 6.92 Å². The third kappa shape index (κ3) is 1.85. The molecular formula is C8H12N2O3. The van der Waals surface area contributed by atoms with Crippen LogP contribution in [0.2, 0.25) is 0 Å². The van der Waals surface area contributed by atoms with Crippen molar-refractivity contribution in [3.63, 3.8) is 0 Å². The third-order valence-corrected chi connectivity index (χ3v) is 2.06. The number of rotatable bonds is 3. The molecule has 0 saturated carbocycles. The van der Waals surface area contributed by atoms with Crippen LogP contribution in [0.1, 0.15) is 26.7 Å². The molecule has 0 bridgehead atoms. The monoisotopic (exact) mass is 184 g/mol. The molecule has 1 aliphatic rings. The second-order valence-corrected chi connectivity index (χ2v) is 3.02. The van der Waals surface area contributed by atoms with Crippen LogP contribution in [-0.4, -0.2) is 33.7 Å². The molecule has 0 aliphatic carbocycles. The fourth-order valence-corrected chi connectivity index (χ4v) is 1.08. The Morgan fingerprint density at radius 2 is 2.38 bits per heavy atom. The molecule has 0 saturated heterocycles. The number of carboxylic acid groups (broad SMARTS) is 1. The van der Waals surface area contributed by atoms with Gasteiger partial charge in [0.05, 0.1) is 12.5 Å². The van der Waals surface area contributed by atoms with Gasteiger partial charge in [-0.2, -0.15) is 5.10 Å². The Morgan fingerprint density at radius 3 is 2.77 bits per heavy atom. The molecule has 1 amide bonds. The van der Waals surface area contributed by atoms with Crippen molar-refractivity contribution in [3.05, 3.63) is 0 Å². The van der Waals surface area contributed by atoms with Crippen LogP contribution < -0.4 is 0 Å². The maximum absolute atomic E-state index is 11.2. The molecule has 1 atom stereocenters. The quantitative estimate of drug-likeness (QED) is 0.692. The summed E-state index contributed by atoms with van der Waals surface area (Å²) in [6, 6.07) is -0.0238. The van der Waals surface area contributed by atoms with Crippen LogP contribution in [0.3, 0.4) is 0 Å². The summed E-state index contributed by atoms with van der Waals surface area (Å²) in [6.07, 6.45) is 0.682. The van der Waals surface area contributed by atoms with Crippen molar-refractivity contribution in [2.45, 2.75) is 32.7 Å². The molecule has 0 aromatic heterocycles. The van der Waals surface area contributed by atoms with Crippen molar-refractivity contribution < 1.29 is 14.7 Å². The zero-order valence-electron chi connectivity index (χ0n) is 7.65. The predicted octanol–water partition coefficient (Wildman–Crippen LogP) is 0.458. The number of carboxylic acids is 1. The molecule has 0 fully saturated rings. The number of hydrogen-bond donors (Lipinski definition) is 1. The van der Waals surface area contributed by atoms with E-state index < -0.39 is 5.97 Å². The summed E-state index contributed by atoms with van der Waals surface area (Å²) in [4.78, 5) is 21.7. The Labute approximate surface area is 76.0 Å². The lowest BCUT2D eigenvalue weighted by atomic mass is 10.2. The molecule has 0 radical (unpaired) electrons. The highest BCUT2D eigenvalue weighted by Gasteiger charge is 2.30. The van der Waals surface area contributed by atoms with Crippen molar-refractivity contribution in [3.8, 4) is 0 Å². The van der Waals surface area contributed by atoms with Crippen LogP contribution in [0.5, 0.6) is 0 Å². The van der Waals surface area contributed by atoms with Gasteiger partial charge in [-0.15, -0.1) is 0 Å². The SMILES string of the molecule is CCC(C)N1N=C(C(=O)O)CC1=O. The van der Waals surface area contributed by atoms with Gasteiger partial charge in [0.25, 0.3) is 0 Å². The van der Waals surface area contributed by atoms with Crippen molar-refractivity contribution in [2.24, 2.45) is 5.10 Å². The van der Waals surface area contributed by atoms with Crippen LogP contribution >= 0.6 is 0 Å². The molecule has 0 spiro atoms. The summed E-state index contributed by atoms with van der Waals surface area (Å²) in [5.41, 5.74) is -0.0645. The molecular weight excluding hydrogens is 172 g/mol. The zero-order chi connectivity index (χ0) is 10.0. The van der Waals surface area contributed by atoms with Gasteiger partial charge in [-0.05, 0) is 13.3 Å². The van der Waals surface area contributed by atoms with Crippen molar-refractivity contribution in [2.75, 3.05) is 0 Å². The van der Waals surface area contributed by atoms with Gasteiger partial charge in [0.2, 0.25) is 5.91 Å². The highest BCUT2D eigenvalue weighted by atomic mass is 16.4. The first-order valence-electron chi connectivity index (χ1n) is 4.19. The number of amides is 1. The number of carbonyl (C=O) groups excluding carboxylic acids is 1. The van der Waals surface area contributed by atoms with Crippen molar-refractivity contribution >= 4 is 17.6 Å². The lowest BCUT2D eigenvalue weighted by Gasteiger charge is -2.18. The first kappa shape index (κ1) is 9.70. The normalized spacial score (nSPS) is 18.8. The lowest BCUT2D eigenvalue weighted by molar-refractivity contribution is -0.131. The average Bonchev–Trinajstić information content (AvgIpc) is 2.46. The van der Waals surface area contributed by atoms with E-state index in [9.17, 15) is 9.59 Å². The number of hydrogen-bond acceptors (Lipinski definition) is 3. The number of aliphatic carboxylic acids is 1. The highest BCUT2D eigenvalue weighted by molar-refractivity contribution is 6.40. The zero-order valence-corrected chi connectivity index (χ0v) is 7.65. The molecule has 1 N–H and O–H groups in total. The van der Waals surface area contributed by atoms with E-state index in [1.165, 1.54) is 5.01 Å². The Bertz CT molecular complexity index is 273. The lowest BCUT2D eigenvalue weighted by Crippen LogP contribution is -2.29. The number of carbonyl (C=O) groups is 2. The average molecular weight is 184 g/mol. The number of hydrazone groups is 1. The predicted molar refractivity (Wildman–Crippen MR) is 46.3 cm³/mol. The topological polar surface area (TPSA) is 70.0 Å². The van der Waals surface area contributed by atoms with Crippen molar-refractivity contribution in [1.29, 1.82) is 0 Å². The third-order valence-electron chi connectivity index (χ3n) is 2.06. The van der Waals surface area contributed by atoms with Gasteiger partial charge in [-0.25, -0.2) is 9.80 Å². The second-order valence-electron chi connectivity index (χ2n) is 3.02. The van der Waals surface area contributed by atoms with E-state index in [4.69, 9.17) is 5.11 Å². The van der Waals surface area contributed by atoms with Gasteiger partial charge < -0.3 is 5.11 Å². The Hall–Kier alpha value is -1.39. The molecule has 1 aliphatic heterocycles. The fourth-order valence-electron chi connectivity index (χ4n) is 1.08. The van der Waals surface area contributed by atoms with Gasteiger partial charge in [-0.3, -0.25) is 4.79 Å². The maximum atomic E-state index is 11.2. The molecule has 5 nitrogen and oxygen atoms in total. The summed E-state index contributed by atoms with van der Waals surface area (Å²) in [6.45, 7) is 3.76. The molecule has 1 unspecified atom stereocenters. The van der Waals surface area contributed by atoms with E-state index in [2.05, 4.69) is 5.10 Å². The largest absolute Gasteiger partial charge is 0.477 e. The van der Waals surface area contributed by atoms with E-state index in [1.807, 2.05) is 13.8 Å². The minimum Gasteiger partial charge on any atom is -0.477 e. The Kier molecular flexibility index (Phi) is 2.65. The van der Waals surface area contributed by atoms with E-state index in [-0.39, 0.29) is 24.1 Å². The number of nitrogens with zero attached hydrogens (tertiary/aromatic N) is 2. The van der Waals surface area contributed by atoms with Crippen LogP contribution in [0.25, 0.3) is 0 Å². The van der Waals surface area contributed by atoms with Gasteiger partial charge >= 0.3 is 5.97 Å². The molecule has 0 aromatic carbocycles. The van der Waals surface area contributed by atoms with Crippen LogP contribution in [-0.2, 0) is 9.59 Å². The van der Waals surface area contributed by atoms with Gasteiger partial charge in [0.1, 0.15) is 0 Å². The summed E-state index contributed by atoms with van der Waals surface area (Å²) < 4.78 is 0. The van der Waals surface area contributed by atoms with Crippen molar-refractivity contribution in [1.82, 2.24) is 5.01 Å². The molecule has 72 valence electrons. The molecule has 5 heteroatoms. The van der Waals surface area contributed by atoms with Gasteiger partial charge in [0.15, 0.2) is 5.71 Å². The Balaban J connectivity index is 2.77. The molecule has 13 heavy (non-hydrogen) atoms. The maximum Gasteiger partial charge on any atom is 0.352 e. The summed E-state index contributed by atoms with van der Waals surface area (Å²) in [5.74, 6) is -1.34. The minimum absolute atomic E-state index is 0.0238. The van der Waals surface area contributed by atoms with E-state index >= 15 is 0 Å². The summed E-state index contributed by atoms with van der Waals surface area (Å²) in [5, 5.41) is 13.6. The first-order chi connectivity index (χ1) is 6.06. The summed E-state index contributed by atoms with van der Waals surface area (Å²) >= 11 is 0. The fraction of sp³-hybridized carbons (Fsp3) is 0.625. The molecule has 0 aromatic rings. The van der Waals surface area contributed by atoms with E-state index in [1.54, 1.807) is 0 Å². The molecule has 1 rings (SSSR count). The van der Waals surface area contributed by atoms with E-state index in [0.717, 1.165) is 6.42 Å². The van der Waals surface area contributed by atoms with E-state index in [0.29, 0.717) is 0 Å². The highest BCUT2D eigenvalue weighted by Crippen LogP contribution is 2.14. The van der Waals surface area contributed by atoms with Crippen LogP contribution in [0, 0.1) is 0 Å². The Morgan fingerprint density at radius 1 is 1.77 bits per heavy atom. The smallest absolute Gasteiger partial charge is 0.352 e. The van der Waals surface area contributed by atoms with Gasteiger partial charge in [0, 0.05) is 0 Å². The minimum atomic E-state index is -1.11. The first-order valence-corrected chi connectivity index (χ1v) is 4.19. The van der Waals surface area contributed by atoms with Crippen LogP contribution in [0.15, 0.2) is 5.10 Å². The van der Waals surface area contributed by atoms with Crippen LogP contribution in [0.4, 0.5) is 0 Å². The molecule has 1 heterocycles. The summed E-state index contributed by atoms with van der Waals surface area (Å²) in [7, 11) is 0. The standard InChI is InChI=1S/C8H12N2O3/c1-3-5(2)10-7(11)4-6(9-10)8(12)13/h5H,3-4H2,1-2H3,(H,12,13).